The molecule has 4 N–H and O–H groups in total. The Balaban J connectivity index is 3.21. The van der Waals surface area contributed by atoms with Crippen LogP contribution in [0, 0.1) is 0 Å². The van der Waals surface area contributed by atoms with Crippen molar-refractivity contribution in [3.63, 3.8) is 0 Å². The van der Waals surface area contributed by atoms with Crippen molar-refractivity contribution >= 4 is 27.3 Å². The van der Waals surface area contributed by atoms with Crippen LogP contribution in [0.4, 0.5) is 11.4 Å². The van der Waals surface area contributed by atoms with Crippen LogP contribution in [-0.2, 0) is 14.8 Å². The Morgan fingerprint density at radius 3 is 2.35 bits per heavy atom. The Kier molecular flexibility index (Phi) is 4.96. The van der Waals surface area contributed by atoms with Crippen LogP contribution in [0.5, 0.6) is 0 Å². The fourth-order valence-corrected chi connectivity index (χ4v) is 2.41. The first-order chi connectivity index (χ1) is 9.18. The molecule has 1 amide bonds. The van der Waals surface area contributed by atoms with Crippen LogP contribution in [0.15, 0.2) is 23.1 Å². The molecule has 0 saturated carbocycles. The molecule has 8 heteroatoms. The summed E-state index contributed by atoms with van der Waals surface area (Å²) >= 11 is 0. The molecular formula is C12H20N4O3S. The Hall–Kier alpha value is -1.80. The maximum atomic E-state index is 11.8. The number of primary sulfonamides is 1. The van der Waals surface area contributed by atoms with Gasteiger partial charge in [-0.3, -0.25) is 4.79 Å². The Morgan fingerprint density at radius 2 is 1.90 bits per heavy atom. The summed E-state index contributed by atoms with van der Waals surface area (Å²) in [4.78, 5) is 14.8. The van der Waals surface area contributed by atoms with E-state index in [4.69, 9.17) is 10.9 Å². The number of hydrogen-bond acceptors (Lipinski definition) is 5. The summed E-state index contributed by atoms with van der Waals surface area (Å²) < 4.78 is 22.9. The van der Waals surface area contributed by atoms with Gasteiger partial charge in [0, 0.05) is 20.6 Å². The maximum absolute atomic E-state index is 11.8. The molecular weight excluding hydrogens is 280 g/mol. The van der Waals surface area contributed by atoms with Crippen molar-refractivity contribution in [1.29, 1.82) is 0 Å². The molecule has 1 aromatic carbocycles. The number of rotatable bonds is 5. The second-order valence-corrected chi connectivity index (χ2v) is 6.07. The summed E-state index contributed by atoms with van der Waals surface area (Å²) in [5, 5.41) is 5.12. The molecule has 0 atom stereocenters. The lowest BCUT2D eigenvalue weighted by molar-refractivity contribution is -0.127. The molecule has 0 heterocycles. The van der Waals surface area contributed by atoms with Gasteiger partial charge in [-0.2, -0.15) is 0 Å². The van der Waals surface area contributed by atoms with Crippen molar-refractivity contribution in [3.05, 3.63) is 18.2 Å². The highest BCUT2D eigenvalue weighted by Crippen LogP contribution is 2.28. The van der Waals surface area contributed by atoms with E-state index in [1.54, 1.807) is 31.1 Å². The number of amides is 1. The monoisotopic (exact) mass is 300 g/mol. The number of likely N-dealkylation sites (N-methyl/N-ethyl adjacent to an activating group) is 2. The average Bonchev–Trinajstić information content (AvgIpc) is 2.34. The number of hydrogen-bond donors (Lipinski definition) is 2. The topological polar surface area (TPSA) is 110 Å². The molecule has 112 valence electrons. The molecule has 0 aliphatic rings. The standard InChI is InChI=1S/C12H20N4O3S/c1-4-16(8-11(17)15(2)3)9-6-5-7-10(12(9)13)20(14,18)19/h5-7H,4,8,13H2,1-3H3,(H2,14,18,19). The van der Waals surface area contributed by atoms with Gasteiger partial charge in [0.25, 0.3) is 0 Å². The first-order valence-corrected chi connectivity index (χ1v) is 7.59. The number of para-hydroxylation sites is 1. The van der Waals surface area contributed by atoms with Gasteiger partial charge in [-0.05, 0) is 19.1 Å². The smallest absolute Gasteiger partial charge is 0.241 e. The molecule has 0 aromatic heterocycles. The van der Waals surface area contributed by atoms with Crippen LogP contribution in [-0.4, -0.2) is 46.4 Å². The molecule has 0 saturated heterocycles. The van der Waals surface area contributed by atoms with E-state index in [2.05, 4.69) is 0 Å². The fraction of sp³-hybridized carbons (Fsp3) is 0.417. The number of carbonyl (C=O) groups is 1. The van der Waals surface area contributed by atoms with Crippen molar-refractivity contribution < 1.29 is 13.2 Å². The van der Waals surface area contributed by atoms with Crippen molar-refractivity contribution in [1.82, 2.24) is 4.90 Å². The predicted molar refractivity (Wildman–Crippen MR) is 78.8 cm³/mol. The lowest BCUT2D eigenvalue weighted by Crippen LogP contribution is -2.37. The molecule has 0 spiro atoms. The van der Waals surface area contributed by atoms with Crippen LogP contribution in [0.25, 0.3) is 0 Å². The van der Waals surface area contributed by atoms with Gasteiger partial charge in [0.05, 0.1) is 17.9 Å². The second kappa shape index (κ2) is 6.10. The van der Waals surface area contributed by atoms with E-state index in [1.807, 2.05) is 6.92 Å². The van der Waals surface area contributed by atoms with Crippen LogP contribution >= 0.6 is 0 Å². The van der Waals surface area contributed by atoms with E-state index < -0.39 is 10.0 Å². The van der Waals surface area contributed by atoms with Crippen LogP contribution in [0.1, 0.15) is 6.92 Å². The summed E-state index contributed by atoms with van der Waals surface area (Å²) in [5.74, 6) is -0.104. The minimum absolute atomic E-state index is 0.0587. The van der Waals surface area contributed by atoms with Crippen molar-refractivity contribution in [3.8, 4) is 0 Å². The molecule has 20 heavy (non-hydrogen) atoms. The van der Waals surface area contributed by atoms with E-state index in [0.717, 1.165) is 0 Å². The van der Waals surface area contributed by atoms with Gasteiger partial charge in [0.15, 0.2) is 0 Å². The number of benzene rings is 1. The lowest BCUT2D eigenvalue weighted by atomic mass is 10.2. The zero-order valence-electron chi connectivity index (χ0n) is 11.8. The minimum Gasteiger partial charge on any atom is -0.396 e. The highest BCUT2D eigenvalue weighted by molar-refractivity contribution is 7.89. The fourth-order valence-electron chi connectivity index (χ4n) is 1.73. The molecule has 0 unspecified atom stereocenters. The molecule has 0 radical (unpaired) electrons. The number of nitrogen functional groups attached to an aromatic ring is 1. The molecule has 0 aliphatic carbocycles. The number of anilines is 2. The third-order valence-corrected chi connectivity index (χ3v) is 3.87. The van der Waals surface area contributed by atoms with Crippen molar-refractivity contribution in [2.75, 3.05) is 37.8 Å². The minimum atomic E-state index is -3.89. The van der Waals surface area contributed by atoms with Gasteiger partial charge in [0.2, 0.25) is 15.9 Å². The summed E-state index contributed by atoms with van der Waals surface area (Å²) in [6.07, 6.45) is 0. The normalized spacial score (nSPS) is 11.2. The molecule has 1 rings (SSSR count). The van der Waals surface area contributed by atoms with Crippen LogP contribution in [0.3, 0.4) is 0 Å². The third-order valence-electron chi connectivity index (χ3n) is 2.90. The number of nitrogens with zero attached hydrogens (tertiary/aromatic N) is 2. The van der Waals surface area contributed by atoms with E-state index in [1.165, 1.54) is 11.0 Å². The lowest BCUT2D eigenvalue weighted by Gasteiger charge is -2.26. The van der Waals surface area contributed by atoms with Gasteiger partial charge in [-0.15, -0.1) is 0 Å². The quantitative estimate of drug-likeness (QED) is 0.734. The van der Waals surface area contributed by atoms with Crippen molar-refractivity contribution in [2.45, 2.75) is 11.8 Å². The maximum Gasteiger partial charge on any atom is 0.241 e. The van der Waals surface area contributed by atoms with Gasteiger partial charge in [-0.1, -0.05) is 6.07 Å². The van der Waals surface area contributed by atoms with Crippen molar-refractivity contribution in [2.24, 2.45) is 5.14 Å². The molecule has 0 aliphatic heterocycles. The largest absolute Gasteiger partial charge is 0.396 e. The highest BCUT2D eigenvalue weighted by atomic mass is 32.2. The Labute approximate surface area is 119 Å². The summed E-state index contributed by atoms with van der Waals surface area (Å²) in [6, 6.07) is 4.56. The van der Waals surface area contributed by atoms with Gasteiger partial charge in [0.1, 0.15) is 4.90 Å². The zero-order chi connectivity index (χ0) is 15.5. The average molecular weight is 300 g/mol. The highest BCUT2D eigenvalue weighted by Gasteiger charge is 2.19. The molecule has 7 nitrogen and oxygen atoms in total. The second-order valence-electron chi connectivity index (χ2n) is 4.54. The van der Waals surface area contributed by atoms with Crippen LogP contribution in [0.2, 0.25) is 0 Å². The first kappa shape index (κ1) is 16.3. The number of sulfonamides is 1. The SMILES string of the molecule is CCN(CC(=O)N(C)C)c1cccc(S(N)(=O)=O)c1N. The van der Waals surface area contributed by atoms with E-state index >= 15 is 0 Å². The third kappa shape index (κ3) is 3.61. The van der Waals surface area contributed by atoms with E-state index in [9.17, 15) is 13.2 Å². The summed E-state index contributed by atoms with van der Waals surface area (Å²) in [6.45, 7) is 2.48. The first-order valence-electron chi connectivity index (χ1n) is 6.04. The molecule has 0 bridgehead atoms. The summed E-state index contributed by atoms with van der Waals surface area (Å²) in [5.41, 5.74) is 6.41. The Bertz CT molecular complexity index is 599. The van der Waals surface area contributed by atoms with Gasteiger partial charge in [-0.25, -0.2) is 13.6 Å². The number of nitrogens with two attached hydrogens (primary N) is 2. The van der Waals surface area contributed by atoms with Crippen LogP contribution < -0.4 is 15.8 Å². The Morgan fingerprint density at radius 1 is 1.30 bits per heavy atom. The molecule has 1 aromatic rings. The van der Waals surface area contributed by atoms with E-state index in [-0.39, 0.29) is 23.0 Å². The number of carbonyl (C=O) groups excluding carboxylic acids is 1. The predicted octanol–water partition coefficient (Wildman–Crippen LogP) is -0.169. The molecule has 0 fully saturated rings. The van der Waals surface area contributed by atoms with E-state index in [0.29, 0.717) is 12.2 Å². The van der Waals surface area contributed by atoms with Gasteiger partial charge < -0.3 is 15.5 Å². The zero-order valence-corrected chi connectivity index (χ0v) is 12.6. The summed E-state index contributed by atoms with van der Waals surface area (Å²) in [7, 11) is -0.583. The van der Waals surface area contributed by atoms with Gasteiger partial charge >= 0.3 is 0 Å².